The van der Waals surface area contributed by atoms with Crippen LogP contribution in [0, 0.1) is 23.2 Å². The van der Waals surface area contributed by atoms with Gasteiger partial charge in [-0.2, -0.15) is 0 Å². The van der Waals surface area contributed by atoms with Gasteiger partial charge in [0.2, 0.25) is 0 Å². The molecule has 0 amide bonds. The van der Waals surface area contributed by atoms with Crippen molar-refractivity contribution in [3.63, 3.8) is 0 Å². The third-order valence-electron chi connectivity index (χ3n) is 6.29. The number of hydrogen-bond acceptors (Lipinski definition) is 1. The van der Waals surface area contributed by atoms with Gasteiger partial charge in [0, 0.05) is 11.2 Å². The van der Waals surface area contributed by atoms with E-state index in [4.69, 9.17) is 16.6 Å². The van der Waals surface area contributed by atoms with Crippen molar-refractivity contribution in [1.82, 2.24) is 0 Å². The van der Waals surface area contributed by atoms with Crippen molar-refractivity contribution in [2.75, 3.05) is 0 Å². The van der Waals surface area contributed by atoms with Crippen LogP contribution in [-0.2, 0) is 0 Å². The van der Waals surface area contributed by atoms with Crippen LogP contribution in [-0.4, -0.2) is 12.3 Å². The second-order valence-corrected chi connectivity index (χ2v) is 8.22. The van der Waals surface area contributed by atoms with Crippen LogP contribution in [0.1, 0.15) is 51.0 Å². The molecule has 4 bridgehead atoms. The van der Waals surface area contributed by atoms with E-state index < -0.39 is 0 Å². The molecule has 4 aliphatic carbocycles. The molecule has 0 radical (unpaired) electrons. The Morgan fingerprint density at radius 3 is 2.10 bits per heavy atom. The van der Waals surface area contributed by atoms with Gasteiger partial charge in [-0.3, -0.25) is 4.99 Å². The Morgan fingerprint density at radius 2 is 1.57 bits per heavy atom. The maximum atomic E-state index is 5.94. The highest BCUT2D eigenvalue weighted by molar-refractivity contribution is 6.30. The first-order chi connectivity index (χ1) is 10.1. The van der Waals surface area contributed by atoms with Gasteiger partial charge in [-0.1, -0.05) is 23.7 Å². The van der Waals surface area contributed by atoms with Crippen molar-refractivity contribution in [1.29, 1.82) is 0 Å². The third-order valence-corrected chi connectivity index (χ3v) is 6.54. The summed E-state index contributed by atoms with van der Waals surface area (Å²) >= 11 is 5.94. The number of benzene rings is 1. The Balaban J connectivity index is 1.52. The van der Waals surface area contributed by atoms with Crippen LogP contribution in [0.5, 0.6) is 0 Å². The second kappa shape index (κ2) is 5.12. The van der Waals surface area contributed by atoms with Crippen LogP contribution in [0.25, 0.3) is 0 Å². The first-order valence-corrected chi connectivity index (χ1v) is 8.79. The lowest BCUT2D eigenvalue weighted by Gasteiger charge is -2.58. The fourth-order valence-corrected chi connectivity index (χ4v) is 5.72. The predicted octanol–water partition coefficient (Wildman–Crippen LogP) is 5.36. The van der Waals surface area contributed by atoms with Gasteiger partial charge in [-0.05, 0) is 86.3 Å². The molecule has 0 spiro atoms. The van der Waals surface area contributed by atoms with Crippen LogP contribution in [0.4, 0.5) is 0 Å². The zero-order chi connectivity index (χ0) is 14.4. The standard InChI is InChI=1S/C19H24ClN/c1-13(21-12-14-2-4-18(20)5-3-14)19-9-15-6-16(10-19)8-17(7-15)11-19/h2-5,12-13,15-17H,6-11H2,1H3/t13-,15?,16?,17?,19?/m1/s1. The van der Waals surface area contributed by atoms with Crippen LogP contribution in [0.2, 0.25) is 5.02 Å². The van der Waals surface area contributed by atoms with Gasteiger partial charge in [0.1, 0.15) is 0 Å². The van der Waals surface area contributed by atoms with Crippen molar-refractivity contribution >= 4 is 17.8 Å². The number of rotatable bonds is 3. The molecule has 21 heavy (non-hydrogen) atoms. The van der Waals surface area contributed by atoms with Gasteiger partial charge in [0.25, 0.3) is 0 Å². The van der Waals surface area contributed by atoms with E-state index in [-0.39, 0.29) is 0 Å². The van der Waals surface area contributed by atoms with Gasteiger partial charge in [0.15, 0.2) is 0 Å². The lowest BCUT2D eigenvalue weighted by atomic mass is 9.48. The lowest BCUT2D eigenvalue weighted by molar-refractivity contribution is -0.0632. The smallest absolute Gasteiger partial charge is 0.0528 e. The van der Waals surface area contributed by atoms with Crippen LogP contribution < -0.4 is 0 Å². The van der Waals surface area contributed by atoms with Crippen molar-refractivity contribution < 1.29 is 0 Å². The average Bonchev–Trinajstić information content (AvgIpc) is 2.45. The summed E-state index contributed by atoms with van der Waals surface area (Å²) in [6.07, 6.45) is 10.9. The van der Waals surface area contributed by atoms with Crippen molar-refractivity contribution in [2.24, 2.45) is 28.2 Å². The summed E-state index contributed by atoms with van der Waals surface area (Å²) in [6.45, 7) is 2.35. The molecule has 1 aromatic rings. The van der Waals surface area contributed by atoms with Crippen LogP contribution in [0.15, 0.2) is 29.3 Å². The predicted molar refractivity (Wildman–Crippen MR) is 89.1 cm³/mol. The fourth-order valence-electron chi connectivity index (χ4n) is 5.59. The van der Waals surface area contributed by atoms with E-state index in [1.165, 1.54) is 38.5 Å². The second-order valence-electron chi connectivity index (χ2n) is 7.79. The van der Waals surface area contributed by atoms with E-state index in [1.807, 2.05) is 12.1 Å². The maximum Gasteiger partial charge on any atom is 0.0528 e. The molecule has 1 nitrogen and oxygen atoms in total. The van der Waals surface area contributed by atoms with Gasteiger partial charge >= 0.3 is 0 Å². The molecule has 0 heterocycles. The topological polar surface area (TPSA) is 12.4 Å². The number of halogens is 1. The first kappa shape index (κ1) is 13.8. The molecule has 1 aromatic carbocycles. The van der Waals surface area contributed by atoms with E-state index in [1.54, 1.807) is 0 Å². The summed E-state index contributed by atoms with van der Waals surface area (Å²) in [6, 6.07) is 8.45. The molecule has 0 aromatic heterocycles. The van der Waals surface area contributed by atoms with Crippen molar-refractivity contribution in [2.45, 2.75) is 51.5 Å². The molecule has 5 rings (SSSR count). The molecule has 0 N–H and O–H groups in total. The Morgan fingerprint density at radius 1 is 1.05 bits per heavy atom. The quantitative estimate of drug-likeness (QED) is 0.666. The molecule has 4 saturated carbocycles. The molecular formula is C19H24ClN. The minimum atomic E-state index is 0.460. The highest BCUT2D eigenvalue weighted by Gasteiger charge is 2.53. The van der Waals surface area contributed by atoms with E-state index in [0.717, 1.165) is 28.3 Å². The highest BCUT2D eigenvalue weighted by atomic mass is 35.5. The molecule has 4 aliphatic rings. The summed E-state index contributed by atoms with van der Waals surface area (Å²) < 4.78 is 0. The van der Waals surface area contributed by atoms with E-state index in [0.29, 0.717) is 11.5 Å². The summed E-state index contributed by atoms with van der Waals surface area (Å²) in [4.78, 5) is 4.95. The highest BCUT2D eigenvalue weighted by Crippen LogP contribution is 2.61. The number of hydrogen-bond donors (Lipinski definition) is 0. The lowest BCUT2D eigenvalue weighted by Crippen LogP contribution is -2.50. The van der Waals surface area contributed by atoms with Crippen molar-refractivity contribution in [3.8, 4) is 0 Å². The summed E-state index contributed by atoms with van der Waals surface area (Å²) in [5.74, 6) is 3.01. The third kappa shape index (κ3) is 2.54. The Labute approximate surface area is 132 Å². The van der Waals surface area contributed by atoms with Gasteiger partial charge in [-0.25, -0.2) is 0 Å². The van der Waals surface area contributed by atoms with Crippen LogP contribution >= 0.6 is 11.6 Å². The monoisotopic (exact) mass is 301 g/mol. The van der Waals surface area contributed by atoms with Gasteiger partial charge in [0.05, 0.1) is 6.04 Å². The SMILES string of the molecule is C[C@@H](N=Cc1ccc(Cl)cc1)C12CC3CC(CC(C3)C1)C2. The minimum Gasteiger partial charge on any atom is -0.289 e. The molecular weight excluding hydrogens is 278 g/mol. The average molecular weight is 302 g/mol. The Kier molecular flexibility index (Phi) is 3.37. The largest absolute Gasteiger partial charge is 0.289 e. The first-order valence-electron chi connectivity index (χ1n) is 8.42. The van der Waals surface area contributed by atoms with E-state index >= 15 is 0 Å². The Hall–Kier alpha value is -0.820. The minimum absolute atomic E-state index is 0.460. The number of aliphatic imine (C=N–C) groups is 1. The molecule has 2 heteroatoms. The van der Waals surface area contributed by atoms with Gasteiger partial charge in [-0.15, -0.1) is 0 Å². The molecule has 0 saturated heterocycles. The zero-order valence-electron chi connectivity index (χ0n) is 12.8. The molecule has 4 fully saturated rings. The fraction of sp³-hybridized carbons (Fsp3) is 0.632. The van der Waals surface area contributed by atoms with Crippen LogP contribution in [0.3, 0.4) is 0 Å². The molecule has 112 valence electrons. The van der Waals surface area contributed by atoms with Gasteiger partial charge < -0.3 is 0 Å². The summed E-state index contributed by atoms with van der Waals surface area (Å²) in [5, 5.41) is 0.793. The normalized spacial score (nSPS) is 39.0. The zero-order valence-corrected chi connectivity index (χ0v) is 13.5. The number of nitrogens with zero attached hydrogens (tertiary/aromatic N) is 1. The molecule has 0 aliphatic heterocycles. The van der Waals surface area contributed by atoms with E-state index in [9.17, 15) is 0 Å². The molecule has 1 atom stereocenters. The van der Waals surface area contributed by atoms with E-state index in [2.05, 4.69) is 25.3 Å². The molecule has 0 unspecified atom stereocenters. The van der Waals surface area contributed by atoms with Crippen molar-refractivity contribution in [3.05, 3.63) is 34.9 Å². The summed E-state index contributed by atoms with van der Waals surface area (Å²) in [7, 11) is 0. The Bertz CT molecular complexity index is 510. The maximum absolute atomic E-state index is 5.94. The summed E-state index contributed by atoms with van der Waals surface area (Å²) in [5.41, 5.74) is 1.67.